The Bertz CT molecular complexity index is 767. The second kappa shape index (κ2) is 7.60. The minimum atomic E-state index is -3.67. The van der Waals surface area contributed by atoms with E-state index in [2.05, 4.69) is 0 Å². The number of esters is 1. The summed E-state index contributed by atoms with van der Waals surface area (Å²) in [6, 6.07) is 0. The van der Waals surface area contributed by atoms with Gasteiger partial charge >= 0.3 is 13.6 Å². The Kier molecular flexibility index (Phi) is 5.93. The van der Waals surface area contributed by atoms with Crippen LogP contribution in [-0.2, 0) is 26.9 Å². The van der Waals surface area contributed by atoms with E-state index >= 15 is 0 Å². The number of aromatic hydroxyl groups is 1. The third kappa shape index (κ3) is 4.06. The van der Waals surface area contributed by atoms with Crippen molar-refractivity contribution in [2.24, 2.45) is 0 Å². The molecule has 1 aromatic carbocycles. The highest BCUT2D eigenvalue weighted by Gasteiger charge is 2.32. The molecule has 0 aromatic heterocycles. The van der Waals surface area contributed by atoms with Gasteiger partial charge in [0.05, 0.1) is 19.9 Å². The molecule has 1 aliphatic rings. The van der Waals surface area contributed by atoms with Crippen molar-refractivity contribution in [3.8, 4) is 11.5 Å². The highest BCUT2D eigenvalue weighted by molar-refractivity contribution is 7.53. The number of methoxy groups -OCH3 is 1. The Labute approximate surface area is 146 Å². The first kappa shape index (κ1) is 19.5. The van der Waals surface area contributed by atoms with Gasteiger partial charge in [0.2, 0.25) is 0 Å². The number of phenols is 1. The Morgan fingerprint density at radius 1 is 1.44 bits per heavy atom. The quantitative estimate of drug-likeness (QED) is 0.432. The van der Waals surface area contributed by atoms with Crippen LogP contribution in [0, 0.1) is 6.92 Å². The monoisotopic (exact) mass is 370 g/mol. The normalized spacial score (nSPS) is 16.4. The van der Waals surface area contributed by atoms with Crippen LogP contribution in [0.4, 0.5) is 0 Å². The molecule has 1 aliphatic heterocycles. The van der Waals surface area contributed by atoms with Crippen molar-refractivity contribution >= 4 is 13.6 Å². The average Bonchev–Trinajstić information content (AvgIpc) is 2.91. The lowest BCUT2D eigenvalue weighted by Crippen LogP contribution is -2.03. The lowest BCUT2D eigenvalue weighted by molar-refractivity contribution is 0.0533. The minimum Gasteiger partial charge on any atom is -0.507 e. The van der Waals surface area contributed by atoms with E-state index in [1.807, 2.05) is 0 Å². The summed E-state index contributed by atoms with van der Waals surface area (Å²) in [5, 5.41) is 10.5. The summed E-state index contributed by atoms with van der Waals surface area (Å²) in [4.78, 5) is 21.6. The maximum absolute atomic E-state index is 11.9. The molecule has 0 amide bonds. The molecule has 0 fully saturated rings. The predicted octanol–water partition coefficient (Wildman–Crippen LogP) is 3.09. The molecule has 0 saturated heterocycles. The van der Waals surface area contributed by atoms with Crippen LogP contribution in [0.2, 0.25) is 0 Å². The van der Waals surface area contributed by atoms with Crippen LogP contribution in [0.3, 0.4) is 0 Å². The predicted molar refractivity (Wildman–Crippen MR) is 92.3 cm³/mol. The van der Waals surface area contributed by atoms with Gasteiger partial charge in [-0.2, -0.15) is 0 Å². The van der Waals surface area contributed by atoms with Crippen molar-refractivity contribution in [2.45, 2.75) is 33.8 Å². The number of allylic oxidation sites excluding steroid dienone is 2. The van der Waals surface area contributed by atoms with Gasteiger partial charge < -0.3 is 24.0 Å². The molecular weight excluding hydrogens is 347 g/mol. The van der Waals surface area contributed by atoms with Crippen molar-refractivity contribution < 1.29 is 33.4 Å². The minimum absolute atomic E-state index is 0.101. The molecule has 2 N–H and O–H groups in total. The van der Waals surface area contributed by atoms with Gasteiger partial charge in [-0.3, -0.25) is 4.57 Å². The van der Waals surface area contributed by atoms with Gasteiger partial charge in [-0.05, 0) is 32.8 Å². The molecule has 0 bridgehead atoms. The Morgan fingerprint density at radius 3 is 2.72 bits per heavy atom. The van der Waals surface area contributed by atoms with Gasteiger partial charge in [0.1, 0.15) is 23.7 Å². The van der Waals surface area contributed by atoms with E-state index in [9.17, 15) is 19.4 Å². The first-order valence-electron chi connectivity index (χ1n) is 7.92. The number of ether oxygens (including phenoxy) is 2. The largest absolute Gasteiger partial charge is 0.507 e. The van der Waals surface area contributed by atoms with E-state index < -0.39 is 13.6 Å². The number of benzene rings is 1. The fraction of sp³-hybridized carbons (Fsp3) is 0.471. The second-order valence-electron chi connectivity index (χ2n) is 5.88. The number of hydrogen-bond acceptors (Lipinski definition) is 6. The topological polar surface area (TPSA) is 102 Å². The van der Waals surface area contributed by atoms with Gasteiger partial charge in [-0.15, -0.1) is 0 Å². The Morgan fingerprint density at radius 2 is 2.12 bits per heavy atom. The van der Waals surface area contributed by atoms with Gasteiger partial charge in [0, 0.05) is 11.1 Å². The highest BCUT2D eigenvalue weighted by atomic mass is 31.2. The van der Waals surface area contributed by atoms with Crippen molar-refractivity contribution in [3.05, 3.63) is 33.9 Å². The molecule has 1 atom stereocenters. The van der Waals surface area contributed by atoms with E-state index in [0.29, 0.717) is 22.4 Å². The summed E-state index contributed by atoms with van der Waals surface area (Å²) < 4.78 is 27.1. The molecule has 7 nitrogen and oxygen atoms in total. The van der Waals surface area contributed by atoms with Crippen LogP contribution in [0.15, 0.2) is 11.6 Å². The van der Waals surface area contributed by atoms with E-state index in [4.69, 9.17) is 14.0 Å². The van der Waals surface area contributed by atoms with Crippen LogP contribution in [0.25, 0.3) is 0 Å². The smallest absolute Gasteiger partial charge is 0.342 e. The summed E-state index contributed by atoms with van der Waals surface area (Å²) in [6.45, 7) is 5.43. The molecule has 1 heterocycles. The number of cyclic esters (lactones) is 1. The zero-order valence-electron chi connectivity index (χ0n) is 14.8. The Hall–Kier alpha value is -1.82. The highest BCUT2D eigenvalue weighted by Crippen LogP contribution is 2.44. The molecule has 0 radical (unpaired) electrons. The lowest BCUT2D eigenvalue weighted by Gasteiger charge is -2.16. The third-order valence-corrected chi connectivity index (χ3v) is 5.64. The van der Waals surface area contributed by atoms with Crippen molar-refractivity contribution in [1.82, 2.24) is 0 Å². The van der Waals surface area contributed by atoms with Crippen molar-refractivity contribution in [2.75, 3.05) is 19.9 Å². The number of rotatable bonds is 7. The fourth-order valence-electron chi connectivity index (χ4n) is 2.93. The molecule has 1 unspecified atom stereocenters. The summed E-state index contributed by atoms with van der Waals surface area (Å²) in [6.07, 6.45) is 1.86. The van der Waals surface area contributed by atoms with Crippen LogP contribution >= 0.6 is 7.60 Å². The zero-order chi connectivity index (χ0) is 18.8. The summed E-state index contributed by atoms with van der Waals surface area (Å²) in [5.41, 5.74) is 2.62. The molecule has 2 rings (SSSR count). The van der Waals surface area contributed by atoms with Crippen molar-refractivity contribution in [3.63, 3.8) is 0 Å². The summed E-state index contributed by atoms with van der Waals surface area (Å²) in [5.74, 6) is -0.243. The molecule has 0 aliphatic carbocycles. The van der Waals surface area contributed by atoms with Gasteiger partial charge in [-0.25, -0.2) is 4.79 Å². The number of carbonyl (C=O) groups is 1. The third-order valence-electron chi connectivity index (χ3n) is 4.08. The SMILES string of the molecule is CCOP(=O)(O)CC(C)=CCc1c(O)c2c(c(C)c1OC)COC2=O. The van der Waals surface area contributed by atoms with Crippen LogP contribution in [-0.4, -0.2) is 35.8 Å². The van der Waals surface area contributed by atoms with E-state index in [0.717, 1.165) is 5.56 Å². The average molecular weight is 370 g/mol. The Balaban J connectivity index is 2.35. The van der Waals surface area contributed by atoms with E-state index in [1.54, 1.807) is 26.8 Å². The maximum Gasteiger partial charge on any atom is 0.342 e. The molecule has 8 heteroatoms. The second-order valence-corrected chi connectivity index (χ2v) is 7.73. The first-order valence-corrected chi connectivity index (χ1v) is 9.68. The van der Waals surface area contributed by atoms with Crippen LogP contribution in [0.5, 0.6) is 11.5 Å². The molecule has 25 heavy (non-hydrogen) atoms. The molecule has 0 saturated carbocycles. The van der Waals surface area contributed by atoms with Crippen molar-refractivity contribution in [1.29, 1.82) is 0 Å². The number of fused-ring (bicyclic) bond motifs is 1. The summed E-state index contributed by atoms with van der Waals surface area (Å²) >= 11 is 0. The number of carbonyl (C=O) groups excluding carboxylic acids is 1. The first-order chi connectivity index (χ1) is 11.7. The molecule has 1 aromatic rings. The molecular formula is C17H23O7P. The van der Waals surface area contributed by atoms with Crippen LogP contribution < -0.4 is 4.74 Å². The maximum atomic E-state index is 11.9. The molecule has 0 spiro atoms. The number of hydrogen-bond donors (Lipinski definition) is 2. The van der Waals surface area contributed by atoms with Gasteiger partial charge in [-0.1, -0.05) is 11.6 Å². The van der Waals surface area contributed by atoms with Crippen LogP contribution in [0.1, 0.15) is 40.9 Å². The number of phenolic OH excluding ortho intramolecular Hbond substituents is 1. The van der Waals surface area contributed by atoms with E-state index in [1.165, 1.54) is 7.11 Å². The molecule has 138 valence electrons. The van der Waals surface area contributed by atoms with E-state index in [-0.39, 0.29) is 37.1 Å². The van der Waals surface area contributed by atoms with Gasteiger partial charge in [0.15, 0.2) is 0 Å². The zero-order valence-corrected chi connectivity index (χ0v) is 15.7. The van der Waals surface area contributed by atoms with Gasteiger partial charge in [0.25, 0.3) is 0 Å². The summed E-state index contributed by atoms with van der Waals surface area (Å²) in [7, 11) is -2.18. The standard InChI is InChI=1S/C17H23O7P/c1-5-24-25(20,21)9-10(2)6-7-12-15(18)14-13(8-23-17(14)19)11(3)16(12)22-4/h6,18H,5,7-9H2,1-4H3,(H,20,21). The fourth-order valence-corrected chi connectivity index (χ4v) is 4.19. The lowest BCUT2D eigenvalue weighted by atomic mass is 9.95.